The number of para-hydroxylation sites is 2. The Morgan fingerprint density at radius 2 is 0.925 bits per heavy atom. The molecule has 14 rings (SSSR count). The van der Waals surface area contributed by atoms with Gasteiger partial charge in [0.1, 0.15) is 0 Å². The van der Waals surface area contributed by atoms with E-state index in [0.717, 1.165) is 65.0 Å². The Morgan fingerprint density at radius 1 is 0.328 bits per heavy atom. The van der Waals surface area contributed by atoms with E-state index in [1.807, 2.05) is 0 Å². The summed E-state index contributed by atoms with van der Waals surface area (Å²) in [5.74, 6) is 0.648. The number of nitrogens with zero attached hydrogens (tertiary/aromatic N) is 4. The molecule has 67 heavy (non-hydrogen) atoms. The van der Waals surface area contributed by atoms with Crippen LogP contribution < -0.4 is 0 Å². The quantitative estimate of drug-likeness (QED) is 0.167. The molecule has 14 aromatic rings. The van der Waals surface area contributed by atoms with Gasteiger partial charge in [-0.05, 0) is 104 Å². The van der Waals surface area contributed by atoms with E-state index in [9.17, 15) is 0 Å². The maximum atomic E-state index is 5.59. The molecule has 0 aliphatic carbocycles. The van der Waals surface area contributed by atoms with Crippen LogP contribution in [0, 0.1) is 0 Å². The van der Waals surface area contributed by atoms with Crippen molar-refractivity contribution in [2.45, 2.75) is 0 Å². The summed E-state index contributed by atoms with van der Waals surface area (Å²) < 4.78 is 5.74. The summed E-state index contributed by atoms with van der Waals surface area (Å²) in [6.45, 7) is 0. The zero-order valence-electron chi connectivity index (χ0n) is 36.1. The lowest BCUT2D eigenvalue weighted by Gasteiger charge is -2.12. The second-order valence-electron chi connectivity index (χ2n) is 17.4. The lowest BCUT2D eigenvalue weighted by atomic mass is 9.97. The molecule has 0 aliphatic heterocycles. The van der Waals surface area contributed by atoms with Crippen LogP contribution in [0.2, 0.25) is 0 Å². The minimum absolute atomic E-state index is 0.648. The van der Waals surface area contributed by atoms with Gasteiger partial charge in [-0.1, -0.05) is 176 Å². The van der Waals surface area contributed by atoms with Crippen LogP contribution in [-0.4, -0.2) is 19.1 Å². The second kappa shape index (κ2) is 15.0. The molecule has 10 aromatic carbocycles. The van der Waals surface area contributed by atoms with Crippen LogP contribution in [0.25, 0.3) is 131 Å². The second-order valence-corrected chi connectivity index (χ2v) is 18.4. The monoisotopic (exact) mass is 870 g/mol. The highest BCUT2D eigenvalue weighted by atomic mass is 32.1. The van der Waals surface area contributed by atoms with E-state index in [1.165, 1.54) is 60.0 Å². The number of hydrogen-bond donors (Lipinski definition) is 0. The van der Waals surface area contributed by atoms with Gasteiger partial charge in [0.15, 0.2) is 0 Å². The van der Waals surface area contributed by atoms with Crippen LogP contribution in [0.5, 0.6) is 0 Å². The van der Waals surface area contributed by atoms with Gasteiger partial charge < -0.3 is 4.57 Å². The Morgan fingerprint density at radius 3 is 1.76 bits per heavy atom. The number of thiophene rings is 1. The van der Waals surface area contributed by atoms with E-state index in [2.05, 4.69) is 240 Å². The smallest absolute Gasteiger partial charge is 0.235 e. The van der Waals surface area contributed by atoms with Crippen molar-refractivity contribution in [2.75, 3.05) is 0 Å². The normalized spacial score (nSPS) is 11.9. The molecule has 0 bridgehead atoms. The molecule has 0 fully saturated rings. The molecule has 0 saturated carbocycles. The Bertz CT molecular complexity index is 4250. The van der Waals surface area contributed by atoms with E-state index in [0.29, 0.717) is 5.95 Å². The van der Waals surface area contributed by atoms with Gasteiger partial charge in [-0.3, -0.25) is 4.57 Å². The molecule has 4 nitrogen and oxygen atoms in total. The highest BCUT2D eigenvalue weighted by Gasteiger charge is 2.21. The Balaban J connectivity index is 0.980. The molecule has 0 N–H and O–H groups in total. The molecule has 0 spiro atoms. The third kappa shape index (κ3) is 6.06. The van der Waals surface area contributed by atoms with E-state index in [4.69, 9.17) is 9.97 Å². The van der Waals surface area contributed by atoms with Crippen molar-refractivity contribution in [1.82, 2.24) is 19.1 Å². The van der Waals surface area contributed by atoms with Crippen molar-refractivity contribution in [3.05, 3.63) is 231 Å². The van der Waals surface area contributed by atoms with Gasteiger partial charge in [-0.15, -0.1) is 11.3 Å². The molecule has 0 atom stereocenters. The van der Waals surface area contributed by atoms with Crippen LogP contribution >= 0.6 is 11.3 Å². The summed E-state index contributed by atoms with van der Waals surface area (Å²) in [5.41, 5.74) is 14.4. The molecule has 4 aromatic heterocycles. The largest absolute Gasteiger partial charge is 0.309 e. The number of hydrogen-bond acceptors (Lipinski definition) is 3. The maximum absolute atomic E-state index is 5.59. The minimum atomic E-state index is 0.648. The first-order valence-electron chi connectivity index (χ1n) is 22.7. The molecular weight excluding hydrogens is 833 g/mol. The molecular formula is C62H38N4S. The number of benzene rings is 10. The van der Waals surface area contributed by atoms with E-state index < -0.39 is 0 Å². The average molecular weight is 871 g/mol. The van der Waals surface area contributed by atoms with Gasteiger partial charge in [0, 0.05) is 37.7 Å². The zero-order valence-corrected chi connectivity index (χ0v) is 37.0. The molecule has 0 aliphatic rings. The molecule has 0 amide bonds. The van der Waals surface area contributed by atoms with Gasteiger partial charge in [0.2, 0.25) is 5.95 Å². The lowest BCUT2D eigenvalue weighted by molar-refractivity contribution is 1.02. The molecule has 312 valence electrons. The van der Waals surface area contributed by atoms with Crippen molar-refractivity contribution >= 4 is 86.7 Å². The molecule has 4 heterocycles. The Hall–Kier alpha value is -8.64. The predicted molar refractivity (Wildman–Crippen MR) is 283 cm³/mol. The first-order valence-corrected chi connectivity index (χ1v) is 23.5. The molecule has 0 unspecified atom stereocenters. The summed E-state index contributed by atoms with van der Waals surface area (Å²) >= 11 is 1.75. The summed E-state index contributed by atoms with van der Waals surface area (Å²) in [6.07, 6.45) is 0. The van der Waals surface area contributed by atoms with Gasteiger partial charge >= 0.3 is 0 Å². The van der Waals surface area contributed by atoms with Gasteiger partial charge in [0.05, 0.1) is 38.0 Å². The zero-order chi connectivity index (χ0) is 44.0. The van der Waals surface area contributed by atoms with Crippen LogP contribution in [0.15, 0.2) is 231 Å². The number of aromatic nitrogens is 4. The summed E-state index contributed by atoms with van der Waals surface area (Å²) in [5, 5.41) is 9.65. The van der Waals surface area contributed by atoms with Crippen LogP contribution in [0.4, 0.5) is 0 Å². The van der Waals surface area contributed by atoms with Crippen LogP contribution in [0.1, 0.15) is 0 Å². The summed E-state index contributed by atoms with van der Waals surface area (Å²) in [7, 11) is 0. The number of fused-ring (bicyclic) bond motifs is 9. The Kier molecular flexibility index (Phi) is 8.42. The average Bonchev–Trinajstić information content (AvgIpc) is 4.08. The SMILES string of the molecule is c1ccc(-c2cc3nc(-n4c5ccc(-c6ccc7c8ccccc8n(-c8ccccc8)c7c6)cc5c5cc6ccccc6cc54)nc(-c4ccc(-c5cccc6ccccc56)cc4)c3s2)cc1. The predicted octanol–water partition coefficient (Wildman–Crippen LogP) is 16.9. The fraction of sp³-hybridized carbons (Fsp3) is 0. The van der Waals surface area contributed by atoms with E-state index in [1.54, 1.807) is 11.3 Å². The first-order chi connectivity index (χ1) is 33.2. The Labute approximate surface area is 389 Å². The number of rotatable bonds is 6. The third-order valence-corrected chi connectivity index (χ3v) is 14.7. The van der Waals surface area contributed by atoms with Crippen molar-refractivity contribution in [2.24, 2.45) is 0 Å². The molecule has 0 radical (unpaired) electrons. The first kappa shape index (κ1) is 37.7. The molecule has 5 heteroatoms. The standard InChI is InChI=1S/C62H38N4S/c1-3-15-41(16-4-1)59-38-54-61(67-59)60(42-28-26-40(27-29-42)49-24-13-19-39-14-9-10-22-48(39)49)64-62(63-54)66-56-33-31-45(35-52(56)53-34-43-17-7-8-18-44(43)36-58(53)66)46-30-32-51-50-23-11-12-25-55(50)65(57(51)37-46)47-20-5-2-6-21-47/h1-38H. The van der Waals surface area contributed by atoms with Gasteiger partial charge in [-0.25, -0.2) is 9.97 Å². The van der Waals surface area contributed by atoms with Crippen molar-refractivity contribution < 1.29 is 0 Å². The summed E-state index contributed by atoms with van der Waals surface area (Å²) in [4.78, 5) is 12.2. The fourth-order valence-electron chi connectivity index (χ4n) is 10.3. The van der Waals surface area contributed by atoms with Crippen molar-refractivity contribution in [3.8, 4) is 55.6 Å². The van der Waals surface area contributed by atoms with Crippen LogP contribution in [-0.2, 0) is 0 Å². The highest BCUT2D eigenvalue weighted by molar-refractivity contribution is 7.22. The van der Waals surface area contributed by atoms with Gasteiger partial charge in [0.25, 0.3) is 0 Å². The maximum Gasteiger partial charge on any atom is 0.235 e. The molecule has 0 saturated heterocycles. The highest BCUT2D eigenvalue weighted by Crippen LogP contribution is 2.43. The van der Waals surface area contributed by atoms with Crippen molar-refractivity contribution in [1.29, 1.82) is 0 Å². The summed E-state index contributed by atoms with van der Waals surface area (Å²) in [6, 6.07) is 83.4. The topological polar surface area (TPSA) is 35.6 Å². The van der Waals surface area contributed by atoms with E-state index >= 15 is 0 Å². The minimum Gasteiger partial charge on any atom is -0.309 e. The van der Waals surface area contributed by atoms with E-state index in [-0.39, 0.29) is 0 Å². The van der Waals surface area contributed by atoms with Crippen LogP contribution in [0.3, 0.4) is 0 Å². The lowest BCUT2D eigenvalue weighted by Crippen LogP contribution is -2.02. The van der Waals surface area contributed by atoms with Gasteiger partial charge in [-0.2, -0.15) is 0 Å². The fourth-order valence-corrected chi connectivity index (χ4v) is 11.5. The van der Waals surface area contributed by atoms with Crippen molar-refractivity contribution in [3.63, 3.8) is 0 Å². The third-order valence-electron chi connectivity index (χ3n) is 13.5.